The Bertz CT molecular complexity index is 345. The summed E-state index contributed by atoms with van der Waals surface area (Å²) in [6.45, 7) is 4.64. The molecule has 0 aromatic heterocycles. The van der Waals surface area contributed by atoms with Crippen LogP contribution < -0.4 is 5.32 Å². The Hall–Kier alpha value is -0.660. The zero-order chi connectivity index (χ0) is 12.3. The van der Waals surface area contributed by atoms with E-state index in [4.69, 9.17) is 5.11 Å². The molecule has 1 aliphatic heterocycles. The molecule has 0 spiro atoms. The summed E-state index contributed by atoms with van der Waals surface area (Å²) in [7, 11) is -3.43. The van der Waals surface area contributed by atoms with Crippen LogP contribution in [-0.4, -0.2) is 54.7 Å². The Morgan fingerprint density at radius 3 is 2.31 bits per heavy atom. The monoisotopic (exact) mass is 250 g/mol. The third-order valence-electron chi connectivity index (χ3n) is 2.49. The zero-order valence-electron chi connectivity index (χ0n) is 9.51. The number of sulfonamides is 1. The van der Waals surface area contributed by atoms with Crippen LogP contribution in [0.25, 0.3) is 0 Å². The maximum atomic E-state index is 11.8. The molecular weight excluding hydrogens is 232 g/mol. The van der Waals surface area contributed by atoms with Gasteiger partial charge in [0, 0.05) is 25.2 Å². The minimum atomic E-state index is -3.43. The largest absolute Gasteiger partial charge is 0.481 e. The lowest BCUT2D eigenvalue weighted by Crippen LogP contribution is -2.56. The predicted octanol–water partition coefficient (Wildman–Crippen LogP) is -0.527. The van der Waals surface area contributed by atoms with Crippen LogP contribution >= 0.6 is 0 Å². The molecule has 0 amide bonds. The van der Waals surface area contributed by atoms with Gasteiger partial charge in [0.1, 0.15) is 0 Å². The van der Waals surface area contributed by atoms with Gasteiger partial charge in [-0.1, -0.05) is 0 Å². The minimum absolute atomic E-state index is 0.100. The van der Waals surface area contributed by atoms with E-state index >= 15 is 0 Å². The second kappa shape index (κ2) is 5.11. The normalized spacial score (nSPS) is 27.9. The summed E-state index contributed by atoms with van der Waals surface area (Å²) in [5.41, 5.74) is 0. The molecule has 94 valence electrons. The van der Waals surface area contributed by atoms with Gasteiger partial charge in [-0.3, -0.25) is 4.79 Å². The Balaban J connectivity index is 2.64. The van der Waals surface area contributed by atoms with E-state index in [1.54, 1.807) is 0 Å². The van der Waals surface area contributed by atoms with Crippen molar-refractivity contribution in [2.75, 3.05) is 18.8 Å². The molecule has 1 heterocycles. The summed E-state index contributed by atoms with van der Waals surface area (Å²) in [5, 5.41) is 11.7. The summed E-state index contributed by atoms with van der Waals surface area (Å²) in [4.78, 5) is 10.4. The molecule has 1 fully saturated rings. The molecule has 2 N–H and O–H groups in total. The first-order valence-corrected chi connectivity index (χ1v) is 6.88. The van der Waals surface area contributed by atoms with E-state index in [0.717, 1.165) is 0 Å². The third-order valence-corrected chi connectivity index (χ3v) is 4.30. The maximum Gasteiger partial charge on any atom is 0.304 e. The highest BCUT2D eigenvalue weighted by Gasteiger charge is 2.30. The molecule has 0 saturated carbocycles. The quantitative estimate of drug-likeness (QED) is 0.700. The van der Waals surface area contributed by atoms with E-state index in [2.05, 4.69) is 5.32 Å². The summed E-state index contributed by atoms with van der Waals surface area (Å²) in [6.07, 6.45) is -0.338. The van der Waals surface area contributed by atoms with Gasteiger partial charge in [-0.15, -0.1) is 0 Å². The molecule has 1 rings (SSSR count). The van der Waals surface area contributed by atoms with Gasteiger partial charge < -0.3 is 10.4 Å². The topological polar surface area (TPSA) is 86.7 Å². The number of nitrogens with zero attached hydrogens (tertiary/aromatic N) is 1. The maximum absolute atomic E-state index is 11.8. The van der Waals surface area contributed by atoms with Crippen molar-refractivity contribution in [2.24, 2.45) is 0 Å². The molecule has 2 unspecified atom stereocenters. The summed E-state index contributed by atoms with van der Waals surface area (Å²) < 4.78 is 25.0. The highest BCUT2D eigenvalue weighted by Crippen LogP contribution is 2.10. The molecule has 0 aliphatic carbocycles. The fraction of sp³-hybridized carbons (Fsp3) is 0.889. The standard InChI is InChI=1S/C9H18N2O4S/c1-7-5-11(6-8(2)10-7)16(14,15)4-3-9(12)13/h7-8,10H,3-6H2,1-2H3,(H,12,13). The molecule has 0 bridgehead atoms. The first kappa shape index (κ1) is 13.4. The Labute approximate surface area is 95.7 Å². The van der Waals surface area contributed by atoms with Crippen molar-refractivity contribution in [1.29, 1.82) is 0 Å². The van der Waals surface area contributed by atoms with E-state index in [0.29, 0.717) is 13.1 Å². The molecule has 6 nitrogen and oxygen atoms in total. The van der Waals surface area contributed by atoms with Crippen molar-refractivity contribution in [3.63, 3.8) is 0 Å². The first-order chi connectivity index (χ1) is 7.31. The Kier molecular flexibility index (Phi) is 4.28. The van der Waals surface area contributed by atoms with Gasteiger partial charge in [0.25, 0.3) is 0 Å². The highest BCUT2D eigenvalue weighted by atomic mass is 32.2. The van der Waals surface area contributed by atoms with Crippen molar-refractivity contribution in [1.82, 2.24) is 9.62 Å². The fourth-order valence-corrected chi connectivity index (χ4v) is 3.44. The second-order valence-corrected chi connectivity index (χ2v) is 6.33. The number of nitrogens with one attached hydrogen (secondary N) is 1. The number of hydrogen-bond acceptors (Lipinski definition) is 4. The van der Waals surface area contributed by atoms with Gasteiger partial charge in [0.2, 0.25) is 10.0 Å². The van der Waals surface area contributed by atoms with Crippen molar-refractivity contribution in [3.8, 4) is 0 Å². The Morgan fingerprint density at radius 1 is 1.38 bits per heavy atom. The van der Waals surface area contributed by atoms with Crippen LogP contribution in [-0.2, 0) is 14.8 Å². The van der Waals surface area contributed by atoms with Crippen molar-refractivity contribution < 1.29 is 18.3 Å². The summed E-state index contributed by atoms with van der Waals surface area (Å²) in [6, 6.07) is 0.201. The number of rotatable bonds is 4. The number of carboxylic acid groups (broad SMARTS) is 1. The molecule has 0 radical (unpaired) electrons. The van der Waals surface area contributed by atoms with Crippen LogP contribution in [0.5, 0.6) is 0 Å². The van der Waals surface area contributed by atoms with E-state index < -0.39 is 16.0 Å². The second-order valence-electron chi connectivity index (χ2n) is 4.25. The number of carbonyl (C=O) groups is 1. The van der Waals surface area contributed by atoms with Gasteiger partial charge in [-0.25, -0.2) is 8.42 Å². The van der Waals surface area contributed by atoms with Crippen LogP contribution in [0.1, 0.15) is 20.3 Å². The molecule has 1 saturated heterocycles. The lowest BCUT2D eigenvalue weighted by Gasteiger charge is -2.35. The lowest BCUT2D eigenvalue weighted by atomic mass is 10.2. The van der Waals surface area contributed by atoms with Crippen molar-refractivity contribution in [3.05, 3.63) is 0 Å². The number of aliphatic carboxylic acids is 1. The average molecular weight is 250 g/mol. The van der Waals surface area contributed by atoms with Gasteiger partial charge in [-0.05, 0) is 13.8 Å². The third kappa shape index (κ3) is 3.73. The number of hydrogen-bond donors (Lipinski definition) is 2. The van der Waals surface area contributed by atoms with E-state index in [1.807, 2.05) is 13.8 Å². The molecule has 0 aromatic rings. The van der Waals surface area contributed by atoms with Crippen LogP contribution in [0.4, 0.5) is 0 Å². The van der Waals surface area contributed by atoms with Crippen LogP contribution in [0.2, 0.25) is 0 Å². The SMILES string of the molecule is CC1CN(S(=O)(=O)CCC(=O)O)CC(C)N1. The van der Waals surface area contributed by atoms with Crippen molar-refractivity contribution in [2.45, 2.75) is 32.4 Å². The van der Waals surface area contributed by atoms with E-state index in [1.165, 1.54) is 4.31 Å². The highest BCUT2D eigenvalue weighted by molar-refractivity contribution is 7.89. The Morgan fingerprint density at radius 2 is 1.88 bits per heavy atom. The molecule has 0 aromatic carbocycles. The summed E-state index contributed by atoms with van der Waals surface area (Å²) >= 11 is 0. The minimum Gasteiger partial charge on any atom is -0.481 e. The van der Waals surface area contributed by atoms with E-state index in [9.17, 15) is 13.2 Å². The van der Waals surface area contributed by atoms with Crippen molar-refractivity contribution >= 4 is 16.0 Å². The predicted molar refractivity (Wildman–Crippen MR) is 59.7 cm³/mol. The van der Waals surface area contributed by atoms with Gasteiger partial charge >= 0.3 is 5.97 Å². The van der Waals surface area contributed by atoms with Gasteiger partial charge in [-0.2, -0.15) is 4.31 Å². The molecule has 2 atom stereocenters. The van der Waals surface area contributed by atoms with Crippen LogP contribution in [0, 0.1) is 0 Å². The molecule has 7 heteroatoms. The van der Waals surface area contributed by atoms with Crippen LogP contribution in [0.15, 0.2) is 0 Å². The molecule has 16 heavy (non-hydrogen) atoms. The number of piperazine rings is 1. The fourth-order valence-electron chi connectivity index (χ4n) is 1.85. The first-order valence-electron chi connectivity index (χ1n) is 5.27. The van der Waals surface area contributed by atoms with Gasteiger partial charge in [0.05, 0.1) is 12.2 Å². The lowest BCUT2D eigenvalue weighted by molar-refractivity contribution is -0.136. The van der Waals surface area contributed by atoms with Crippen LogP contribution in [0.3, 0.4) is 0 Å². The van der Waals surface area contributed by atoms with Gasteiger partial charge in [0.15, 0.2) is 0 Å². The molecular formula is C9H18N2O4S. The number of carboxylic acids is 1. The summed E-state index contributed by atoms with van der Waals surface area (Å²) in [5.74, 6) is -1.40. The average Bonchev–Trinajstić information content (AvgIpc) is 2.13. The molecule has 1 aliphatic rings. The zero-order valence-corrected chi connectivity index (χ0v) is 10.3. The van der Waals surface area contributed by atoms with E-state index in [-0.39, 0.29) is 24.3 Å². The smallest absolute Gasteiger partial charge is 0.304 e.